The number of alkyl halides is 2. The highest BCUT2D eigenvalue weighted by molar-refractivity contribution is 6.29. The van der Waals surface area contributed by atoms with Crippen LogP contribution in [0.1, 0.15) is 68.5 Å². The second-order valence-corrected chi connectivity index (χ2v) is 9.62. The Kier molecular flexibility index (Phi) is 6.81. The van der Waals surface area contributed by atoms with Crippen LogP contribution in [0.5, 0.6) is 0 Å². The Balaban J connectivity index is 1.73. The quantitative estimate of drug-likeness (QED) is 0.387. The molecule has 2 atom stereocenters. The number of aromatic nitrogens is 1. The average Bonchev–Trinajstić information content (AvgIpc) is 3.21. The molecule has 2 aliphatic rings. The number of aliphatic imine (C=N–C) groups is 1. The Morgan fingerprint density at radius 3 is 2.79 bits per heavy atom. The molecule has 7 heteroatoms. The number of fused-ring (bicyclic) bond motifs is 2. The number of pyridine rings is 1. The summed E-state index contributed by atoms with van der Waals surface area (Å²) in [4.78, 5) is 11.5. The molecule has 1 aromatic heterocycles. The third-order valence-corrected chi connectivity index (χ3v) is 6.88. The number of hydrogen-bond donors (Lipinski definition) is 1. The summed E-state index contributed by atoms with van der Waals surface area (Å²) >= 11 is 6.05. The zero-order valence-electron chi connectivity index (χ0n) is 20.0. The van der Waals surface area contributed by atoms with Gasteiger partial charge in [0.15, 0.2) is 0 Å². The second-order valence-electron chi connectivity index (χ2n) is 9.23. The Labute approximate surface area is 205 Å². The first-order valence-electron chi connectivity index (χ1n) is 11.8. The lowest BCUT2D eigenvalue weighted by Crippen LogP contribution is -2.29. The minimum absolute atomic E-state index is 0.00512. The molecule has 34 heavy (non-hydrogen) atoms. The third-order valence-electron chi connectivity index (χ3n) is 6.67. The second kappa shape index (κ2) is 9.49. The summed E-state index contributed by atoms with van der Waals surface area (Å²) in [6, 6.07) is 7.87. The first-order chi connectivity index (χ1) is 16.1. The maximum atomic E-state index is 13.6. The highest BCUT2D eigenvalue weighted by atomic mass is 35.5. The van der Waals surface area contributed by atoms with Crippen molar-refractivity contribution in [3.05, 3.63) is 65.0 Å². The van der Waals surface area contributed by atoms with Crippen LogP contribution in [-0.2, 0) is 6.42 Å². The van der Waals surface area contributed by atoms with Crippen LogP contribution in [0, 0.1) is 5.92 Å². The largest absolute Gasteiger partial charge is 0.377 e. The molecule has 1 N–H and O–H groups in total. The summed E-state index contributed by atoms with van der Waals surface area (Å²) in [7, 11) is 0. The van der Waals surface area contributed by atoms with Gasteiger partial charge in [0.05, 0.1) is 23.1 Å². The molecule has 1 aromatic carbocycles. The van der Waals surface area contributed by atoms with Crippen molar-refractivity contribution < 1.29 is 8.78 Å². The summed E-state index contributed by atoms with van der Waals surface area (Å²) in [5.41, 5.74) is 6.51. The van der Waals surface area contributed by atoms with E-state index in [1.165, 1.54) is 5.56 Å². The van der Waals surface area contributed by atoms with Gasteiger partial charge >= 0.3 is 0 Å². The molecule has 1 saturated heterocycles. The van der Waals surface area contributed by atoms with Gasteiger partial charge in [-0.15, -0.1) is 0 Å². The van der Waals surface area contributed by atoms with Crippen molar-refractivity contribution in [3.8, 4) is 0 Å². The first kappa shape index (κ1) is 24.4. The number of aryl methyl sites for hydroxylation is 1. The van der Waals surface area contributed by atoms with Gasteiger partial charge in [-0.05, 0) is 62.9 Å². The van der Waals surface area contributed by atoms with Crippen LogP contribution >= 0.6 is 11.6 Å². The monoisotopic (exact) mass is 484 g/mol. The van der Waals surface area contributed by atoms with E-state index in [2.05, 4.69) is 54.3 Å². The molecule has 4 rings (SSSR count). The van der Waals surface area contributed by atoms with Crippen LogP contribution in [0.15, 0.2) is 42.4 Å². The number of nitrogens with one attached hydrogen (secondary N) is 1. The fraction of sp³-hybridized carbons (Fsp3) is 0.407. The summed E-state index contributed by atoms with van der Waals surface area (Å²) < 4.78 is 27.1. The minimum Gasteiger partial charge on any atom is -0.377 e. The molecule has 0 spiro atoms. The molecule has 0 amide bonds. The van der Waals surface area contributed by atoms with Gasteiger partial charge in [0.2, 0.25) is 5.92 Å². The van der Waals surface area contributed by atoms with Crippen molar-refractivity contribution in [2.75, 3.05) is 11.9 Å². The van der Waals surface area contributed by atoms with Gasteiger partial charge in [-0.1, -0.05) is 37.7 Å². The zero-order chi connectivity index (χ0) is 24.6. The number of anilines is 1. The van der Waals surface area contributed by atoms with Gasteiger partial charge in [-0.2, -0.15) is 0 Å². The topological polar surface area (TPSA) is 40.5 Å². The maximum Gasteiger partial charge on any atom is 0.245 e. The number of rotatable bonds is 8. The molecule has 180 valence electrons. The summed E-state index contributed by atoms with van der Waals surface area (Å²) in [6.07, 6.45) is 3.63. The average molecular weight is 485 g/mol. The predicted molar refractivity (Wildman–Crippen MR) is 138 cm³/mol. The van der Waals surface area contributed by atoms with E-state index in [0.717, 1.165) is 60.3 Å². The van der Waals surface area contributed by atoms with Crippen molar-refractivity contribution in [1.82, 2.24) is 9.88 Å². The van der Waals surface area contributed by atoms with Crippen molar-refractivity contribution in [2.24, 2.45) is 10.9 Å². The predicted octanol–water partition coefficient (Wildman–Crippen LogP) is 7.89. The smallest absolute Gasteiger partial charge is 0.245 e. The Bertz CT molecular complexity index is 1150. The number of halogens is 3. The Morgan fingerprint density at radius 2 is 2.12 bits per heavy atom. The molecule has 2 unspecified atom stereocenters. The fourth-order valence-electron chi connectivity index (χ4n) is 4.77. The van der Waals surface area contributed by atoms with Crippen LogP contribution in [-0.4, -0.2) is 28.2 Å². The Morgan fingerprint density at radius 1 is 1.35 bits per heavy atom. The number of benzene rings is 1. The lowest BCUT2D eigenvalue weighted by Gasteiger charge is -2.32. The highest BCUT2D eigenvalue weighted by Crippen LogP contribution is 2.44. The SMILES string of the molecule is C=Cc1nc(Cl)ccc1NC(C)c1cc(CC)cc2c1N=C1C(CCC(C)(F)F)CCN1C2=C. The van der Waals surface area contributed by atoms with E-state index in [9.17, 15) is 8.78 Å². The van der Waals surface area contributed by atoms with Crippen molar-refractivity contribution in [1.29, 1.82) is 0 Å². The van der Waals surface area contributed by atoms with Crippen molar-refractivity contribution >= 4 is 40.6 Å². The molecule has 0 aliphatic carbocycles. The number of nitrogens with zero attached hydrogens (tertiary/aromatic N) is 3. The maximum absolute atomic E-state index is 13.6. The molecule has 0 bridgehead atoms. The van der Waals surface area contributed by atoms with Crippen LogP contribution < -0.4 is 5.32 Å². The molecule has 3 heterocycles. The van der Waals surface area contributed by atoms with E-state index in [4.69, 9.17) is 16.6 Å². The summed E-state index contributed by atoms with van der Waals surface area (Å²) in [5.74, 6) is -1.81. The van der Waals surface area contributed by atoms with Gasteiger partial charge in [-0.25, -0.2) is 18.8 Å². The molecular formula is C27H31ClF2N4. The highest BCUT2D eigenvalue weighted by Gasteiger charge is 2.37. The number of amidine groups is 1. The Hall–Kier alpha value is -2.73. The first-order valence-corrected chi connectivity index (χ1v) is 12.1. The standard InChI is InChI=1S/C27H31ClF2N4/c1-6-18-14-20(16(3)31-23-8-9-24(28)32-22(23)7-2)25-21(15-18)17(4)34-13-11-19(26(34)33-25)10-12-27(5,29)30/h7-9,14-16,19,31H,2,4,6,10-13H2,1,3,5H3. The lowest BCUT2D eigenvalue weighted by molar-refractivity contribution is 0.00883. The van der Waals surface area contributed by atoms with Gasteiger partial charge in [0.1, 0.15) is 11.0 Å². The van der Waals surface area contributed by atoms with Crippen molar-refractivity contribution in [2.45, 2.75) is 58.4 Å². The van der Waals surface area contributed by atoms with Crippen LogP contribution in [0.4, 0.5) is 20.2 Å². The molecule has 4 nitrogen and oxygen atoms in total. The molecule has 2 aromatic rings. The number of hydrogen-bond acceptors (Lipinski definition) is 4. The minimum atomic E-state index is -2.67. The zero-order valence-corrected chi connectivity index (χ0v) is 20.7. The molecular weight excluding hydrogens is 454 g/mol. The summed E-state index contributed by atoms with van der Waals surface area (Å²) in [6.45, 7) is 14.2. The van der Waals surface area contributed by atoms with E-state index in [1.54, 1.807) is 12.1 Å². The normalized spacial score (nSPS) is 18.3. The van der Waals surface area contributed by atoms with Gasteiger partial charge in [0, 0.05) is 35.7 Å². The van der Waals surface area contributed by atoms with Gasteiger partial charge in [-0.3, -0.25) is 0 Å². The molecule has 2 aliphatic heterocycles. The van der Waals surface area contributed by atoms with E-state index in [0.29, 0.717) is 17.3 Å². The fourth-order valence-corrected chi connectivity index (χ4v) is 4.93. The lowest BCUT2D eigenvalue weighted by atomic mass is 9.93. The summed E-state index contributed by atoms with van der Waals surface area (Å²) in [5, 5.41) is 3.94. The molecule has 0 radical (unpaired) electrons. The third kappa shape index (κ3) is 4.88. The molecule has 0 saturated carbocycles. The van der Waals surface area contributed by atoms with E-state index in [1.807, 2.05) is 6.07 Å². The van der Waals surface area contributed by atoms with Gasteiger partial charge < -0.3 is 10.2 Å². The van der Waals surface area contributed by atoms with Crippen LogP contribution in [0.2, 0.25) is 5.15 Å². The molecule has 1 fully saturated rings. The van der Waals surface area contributed by atoms with E-state index in [-0.39, 0.29) is 18.4 Å². The van der Waals surface area contributed by atoms with Crippen LogP contribution in [0.25, 0.3) is 11.8 Å². The van der Waals surface area contributed by atoms with Crippen molar-refractivity contribution in [3.63, 3.8) is 0 Å². The van der Waals surface area contributed by atoms with Gasteiger partial charge in [0.25, 0.3) is 0 Å². The van der Waals surface area contributed by atoms with E-state index >= 15 is 0 Å². The van der Waals surface area contributed by atoms with E-state index < -0.39 is 5.92 Å². The van der Waals surface area contributed by atoms with Crippen LogP contribution in [0.3, 0.4) is 0 Å².